The quantitative estimate of drug-likeness (QED) is 0.893. The van der Waals surface area contributed by atoms with Crippen molar-refractivity contribution in [1.82, 2.24) is 4.57 Å². The average molecular weight is 269 g/mol. The third-order valence-corrected chi connectivity index (χ3v) is 6.48. The van der Waals surface area contributed by atoms with Crippen LogP contribution >= 0.6 is 23.5 Å². The van der Waals surface area contributed by atoms with Crippen LogP contribution in [0.2, 0.25) is 0 Å². The molecule has 2 unspecified atom stereocenters. The molecule has 2 aliphatic rings. The van der Waals surface area contributed by atoms with Crippen LogP contribution < -0.4 is 0 Å². The Morgan fingerprint density at radius 3 is 3.18 bits per heavy atom. The summed E-state index contributed by atoms with van der Waals surface area (Å²) in [7, 11) is 0. The second kappa shape index (κ2) is 5.29. The third kappa shape index (κ3) is 2.54. The lowest BCUT2D eigenvalue weighted by Crippen LogP contribution is -2.22. The highest BCUT2D eigenvalue weighted by molar-refractivity contribution is 8.06. The Morgan fingerprint density at radius 1 is 1.41 bits per heavy atom. The van der Waals surface area contributed by atoms with E-state index in [1.54, 1.807) is 0 Å². The molecule has 1 aliphatic carbocycles. The highest BCUT2D eigenvalue weighted by Gasteiger charge is 2.23. The first-order chi connectivity index (χ1) is 8.34. The molecule has 0 radical (unpaired) electrons. The summed E-state index contributed by atoms with van der Waals surface area (Å²) < 4.78 is 2.39. The molecule has 1 aliphatic heterocycles. The lowest BCUT2D eigenvalue weighted by Gasteiger charge is -2.25. The van der Waals surface area contributed by atoms with Crippen molar-refractivity contribution in [3.63, 3.8) is 0 Å². The first kappa shape index (κ1) is 12.0. The molecule has 0 amide bonds. The molecule has 1 saturated heterocycles. The van der Waals surface area contributed by atoms with Gasteiger partial charge < -0.3 is 9.67 Å². The molecule has 0 saturated carbocycles. The maximum absolute atomic E-state index is 9.96. The molecule has 1 aromatic heterocycles. The van der Waals surface area contributed by atoms with Gasteiger partial charge in [-0.1, -0.05) is 0 Å². The van der Waals surface area contributed by atoms with Gasteiger partial charge >= 0.3 is 0 Å². The van der Waals surface area contributed by atoms with E-state index in [2.05, 4.69) is 40.4 Å². The fraction of sp³-hybridized carbons (Fsp3) is 0.692. The SMILES string of the molecule is OC1CCCc2c1ccn2CC1CSCCS1. The molecule has 94 valence electrons. The van der Waals surface area contributed by atoms with Gasteiger partial charge in [-0.3, -0.25) is 0 Å². The Morgan fingerprint density at radius 2 is 2.35 bits per heavy atom. The molecule has 4 heteroatoms. The van der Waals surface area contributed by atoms with Crippen molar-refractivity contribution in [2.24, 2.45) is 0 Å². The van der Waals surface area contributed by atoms with E-state index in [1.165, 1.54) is 28.5 Å². The van der Waals surface area contributed by atoms with Crippen LogP contribution in [0.25, 0.3) is 0 Å². The Balaban J connectivity index is 1.74. The summed E-state index contributed by atoms with van der Waals surface area (Å²) in [4.78, 5) is 0. The molecular weight excluding hydrogens is 250 g/mol. The highest BCUT2D eigenvalue weighted by atomic mass is 32.2. The largest absolute Gasteiger partial charge is 0.388 e. The van der Waals surface area contributed by atoms with Crippen LogP contribution in [0, 0.1) is 0 Å². The molecule has 3 rings (SSSR count). The third-order valence-electron chi connectivity index (χ3n) is 3.65. The van der Waals surface area contributed by atoms with Crippen molar-refractivity contribution in [2.45, 2.75) is 37.2 Å². The molecule has 0 aromatic carbocycles. The summed E-state index contributed by atoms with van der Waals surface area (Å²) in [6, 6.07) is 2.12. The monoisotopic (exact) mass is 269 g/mol. The number of nitrogens with zero attached hydrogens (tertiary/aromatic N) is 1. The fourth-order valence-corrected chi connectivity index (χ4v) is 5.43. The van der Waals surface area contributed by atoms with Crippen molar-refractivity contribution in [2.75, 3.05) is 17.3 Å². The van der Waals surface area contributed by atoms with Gasteiger partial charge in [-0.05, 0) is 25.3 Å². The van der Waals surface area contributed by atoms with Crippen LogP contribution in [-0.4, -0.2) is 32.2 Å². The number of fused-ring (bicyclic) bond motifs is 1. The fourth-order valence-electron chi connectivity index (χ4n) is 2.76. The van der Waals surface area contributed by atoms with Gasteiger partial charge in [-0.15, -0.1) is 0 Å². The van der Waals surface area contributed by atoms with E-state index in [0.29, 0.717) is 0 Å². The van der Waals surface area contributed by atoms with Crippen LogP contribution in [0.3, 0.4) is 0 Å². The van der Waals surface area contributed by atoms with Crippen LogP contribution in [0.1, 0.15) is 30.2 Å². The zero-order chi connectivity index (χ0) is 11.7. The summed E-state index contributed by atoms with van der Waals surface area (Å²) in [5.74, 6) is 3.88. The molecular formula is C13H19NOS2. The standard InChI is InChI=1S/C13H19NOS2/c15-13-3-1-2-12-11(13)4-5-14(12)8-10-9-16-6-7-17-10/h4-5,10,13,15H,1-3,6-9H2. The normalized spacial score (nSPS) is 29.0. The lowest BCUT2D eigenvalue weighted by atomic mass is 9.95. The smallest absolute Gasteiger partial charge is 0.0807 e. The van der Waals surface area contributed by atoms with Crippen molar-refractivity contribution in [3.05, 3.63) is 23.5 Å². The van der Waals surface area contributed by atoms with Crippen LogP contribution in [0.5, 0.6) is 0 Å². The van der Waals surface area contributed by atoms with Gasteiger partial charge in [0.25, 0.3) is 0 Å². The number of aliphatic hydroxyl groups is 1. The van der Waals surface area contributed by atoms with Gasteiger partial charge in [0.05, 0.1) is 6.10 Å². The highest BCUT2D eigenvalue weighted by Crippen LogP contribution is 2.32. The second-order valence-corrected chi connectivity index (χ2v) is 7.40. The molecule has 2 atom stereocenters. The van der Waals surface area contributed by atoms with E-state index in [4.69, 9.17) is 0 Å². The van der Waals surface area contributed by atoms with Gasteiger partial charge in [0.1, 0.15) is 0 Å². The van der Waals surface area contributed by atoms with E-state index in [9.17, 15) is 5.11 Å². The second-order valence-electron chi connectivity index (χ2n) is 4.85. The van der Waals surface area contributed by atoms with Gasteiger partial charge in [0.2, 0.25) is 0 Å². The zero-order valence-electron chi connectivity index (χ0n) is 9.97. The van der Waals surface area contributed by atoms with Gasteiger partial charge in [-0.2, -0.15) is 23.5 Å². The van der Waals surface area contributed by atoms with Gasteiger partial charge in [0.15, 0.2) is 0 Å². The predicted octanol–water partition coefficient (Wildman–Crippen LogP) is 2.71. The van der Waals surface area contributed by atoms with Gasteiger partial charge in [-0.25, -0.2) is 0 Å². The summed E-state index contributed by atoms with van der Waals surface area (Å²) in [6.45, 7) is 1.12. The number of hydrogen-bond acceptors (Lipinski definition) is 3. The minimum Gasteiger partial charge on any atom is -0.388 e. The van der Waals surface area contributed by atoms with E-state index in [0.717, 1.165) is 31.1 Å². The molecule has 1 N–H and O–H groups in total. The van der Waals surface area contributed by atoms with E-state index < -0.39 is 0 Å². The Bertz CT molecular complexity index is 385. The molecule has 1 aromatic rings. The van der Waals surface area contributed by atoms with Crippen molar-refractivity contribution < 1.29 is 5.11 Å². The minimum atomic E-state index is -0.214. The maximum atomic E-state index is 9.96. The molecule has 17 heavy (non-hydrogen) atoms. The first-order valence-electron chi connectivity index (χ1n) is 6.40. The summed E-state index contributed by atoms with van der Waals surface area (Å²) in [5.41, 5.74) is 2.57. The predicted molar refractivity (Wildman–Crippen MR) is 75.9 cm³/mol. The topological polar surface area (TPSA) is 25.2 Å². The van der Waals surface area contributed by atoms with Crippen molar-refractivity contribution in [3.8, 4) is 0 Å². The number of aromatic nitrogens is 1. The molecule has 2 nitrogen and oxygen atoms in total. The Kier molecular flexibility index (Phi) is 3.73. The number of thioether (sulfide) groups is 2. The molecule has 2 heterocycles. The molecule has 0 spiro atoms. The summed E-state index contributed by atoms with van der Waals surface area (Å²) in [6.07, 6.45) is 5.17. The summed E-state index contributed by atoms with van der Waals surface area (Å²) >= 11 is 4.19. The summed E-state index contributed by atoms with van der Waals surface area (Å²) in [5, 5.41) is 10.7. The lowest BCUT2D eigenvalue weighted by molar-refractivity contribution is 0.155. The number of rotatable bonds is 2. The van der Waals surface area contributed by atoms with E-state index in [-0.39, 0.29) is 6.10 Å². The first-order valence-corrected chi connectivity index (χ1v) is 8.60. The molecule has 1 fully saturated rings. The Labute approximate surface area is 111 Å². The Hall–Kier alpha value is -0.0600. The average Bonchev–Trinajstić information content (AvgIpc) is 2.76. The van der Waals surface area contributed by atoms with Gasteiger partial charge in [0, 0.05) is 46.5 Å². The van der Waals surface area contributed by atoms with Crippen LogP contribution in [0.4, 0.5) is 0 Å². The molecule has 0 bridgehead atoms. The van der Waals surface area contributed by atoms with Crippen LogP contribution in [-0.2, 0) is 13.0 Å². The number of aliphatic hydroxyl groups excluding tert-OH is 1. The van der Waals surface area contributed by atoms with E-state index >= 15 is 0 Å². The van der Waals surface area contributed by atoms with Crippen molar-refractivity contribution in [1.29, 1.82) is 0 Å². The maximum Gasteiger partial charge on any atom is 0.0807 e. The number of hydrogen-bond donors (Lipinski definition) is 1. The van der Waals surface area contributed by atoms with Crippen LogP contribution in [0.15, 0.2) is 12.3 Å². The zero-order valence-corrected chi connectivity index (χ0v) is 11.6. The van der Waals surface area contributed by atoms with E-state index in [1.807, 2.05) is 0 Å². The minimum absolute atomic E-state index is 0.214. The van der Waals surface area contributed by atoms with Crippen molar-refractivity contribution >= 4 is 23.5 Å².